The summed E-state index contributed by atoms with van der Waals surface area (Å²) < 4.78 is 0. The summed E-state index contributed by atoms with van der Waals surface area (Å²) in [4.78, 5) is 17.2. The Morgan fingerprint density at radius 2 is 1.64 bits per heavy atom. The molecule has 11 heavy (non-hydrogen) atoms. The molecule has 0 rings (SSSR count). The molecule has 62 valence electrons. The Hall–Kier alpha value is -1.90. The summed E-state index contributed by atoms with van der Waals surface area (Å²) in [6.07, 6.45) is 0. The van der Waals surface area contributed by atoms with Crippen LogP contribution < -0.4 is 11.6 Å². The lowest BCUT2D eigenvalue weighted by Gasteiger charge is -2.01. The Bertz CT molecular complexity index is 205. The molecule has 0 amide bonds. The van der Waals surface area contributed by atoms with Crippen LogP contribution in [-0.4, -0.2) is 9.85 Å². The second-order valence-corrected chi connectivity index (χ2v) is 1.35. The van der Waals surface area contributed by atoms with Crippen molar-refractivity contribution in [3.05, 3.63) is 37.3 Å². The van der Waals surface area contributed by atoms with Gasteiger partial charge in [0.25, 0.3) is 0 Å². The molecule has 0 heterocycles. The van der Waals surface area contributed by atoms with E-state index < -0.39 is 21.5 Å². The van der Waals surface area contributed by atoms with Crippen molar-refractivity contribution in [3.8, 4) is 0 Å². The van der Waals surface area contributed by atoms with Crippen LogP contribution in [-0.2, 0) is 0 Å². The van der Waals surface area contributed by atoms with E-state index in [1.165, 1.54) is 0 Å². The van der Waals surface area contributed by atoms with Gasteiger partial charge in [-0.3, -0.25) is 20.2 Å². The topological polar surface area (TPSA) is 152 Å². The zero-order chi connectivity index (χ0) is 9.02. The summed E-state index contributed by atoms with van der Waals surface area (Å²) in [5.74, 6) is 2.14. The highest BCUT2D eigenvalue weighted by atomic mass is 16.7. The molecule has 0 aliphatic rings. The predicted octanol–water partition coefficient (Wildman–Crippen LogP) is -1.13. The van der Waals surface area contributed by atoms with Gasteiger partial charge in [-0.05, 0) is 0 Å². The Morgan fingerprint density at radius 1 is 1.27 bits per heavy atom. The van der Waals surface area contributed by atoms with Crippen molar-refractivity contribution in [2.45, 2.75) is 0 Å². The van der Waals surface area contributed by atoms with E-state index >= 15 is 0 Å². The van der Waals surface area contributed by atoms with E-state index in [1.807, 2.05) is 0 Å². The molecule has 4 N–H and O–H groups in total. The molecule has 0 radical (unpaired) electrons. The summed E-state index contributed by atoms with van der Waals surface area (Å²) in [5.41, 5.74) is 7.33. The molecular weight excluding hydrogens is 158 g/mol. The molecule has 0 aromatic carbocycles. The second kappa shape index (κ2) is 3.31. The van der Waals surface area contributed by atoms with Crippen LogP contribution in [0.1, 0.15) is 0 Å². The third-order valence-electron chi connectivity index (χ3n) is 0.714. The Morgan fingerprint density at radius 3 is 1.73 bits per heavy atom. The van der Waals surface area contributed by atoms with Crippen molar-refractivity contribution in [3.63, 3.8) is 0 Å². The van der Waals surface area contributed by atoms with Gasteiger partial charge < -0.3 is 17.0 Å². The molecule has 0 spiro atoms. The molecule has 0 fully saturated rings. The van der Waals surface area contributed by atoms with Gasteiger partial charge in [0.05, 0.1) is 0 Å². The summed E-state index contributed by atoms with van der Waals surface area (Å²) in [7, 11) is 0. The fourth-order valence-electron chi connectivity index (χ4n) is 0.311. The zero-order valence-electron chi connectivity index (χ0n) is 5.13. The molecule has 0 aliphatic heterocycles. The third kappa shape index (κ3) is 2.06. The number of nitro groups is 2. The first kappa shape index (κ1) is 9.10. The summed E-state index contributed by atoms with van der Waals surface area (Å²) in [6.45, 7) is 0. The lowest BCUT2D eigenvalue weighted by Crippen LogP contribution is -2.17. The predicted molar refractivity (Wildman–Crippen MR) is 32.7 cm³/mol. The summed E-state index contributed by atoms with van der Waals surface area (Å²) in [6, 6.07) is 0. The molecule has 0 saturated carbocycles. The van der Waals surface area contributed by atoms with Crippen molar-refractivity contribution in [1.82, 2.24) is 0 Å². The molecule has 0 aromatic rings. The van der Waals surface area contributed by atoms with Crippen LogP contribution in [0.3, 0.4) is 0 Å². The van der Waals surface area contributed by atoms with Crippen LogP contribution >= 0.6 is 0 Å². The van der Waals surface area contributed by atoms with Crippen molar-refractivity contribution in [1.29, 1.82) is 0 Å². The molecule has 0 atom stereocenters. The van der Waals surface area contributed by atoms with Crippen LogP contribution in [0.2, 0.25) is 0 Å². The minimum atomic E-state index is -1.42. The van der Waals surface area contributed by atoms with Gasteiger partial charge in [-0.15, -0.1) is 0 Å². The number of nitrogens with two attached hydrogens (primary N) is 2. The normalized spacial score (nSPS) is 8.45. The van der Waals surface area contributed by atoms with E-state index in [2.05, 4.69) is 11.3 Å². The maximum Gasteiger partial charge on any atom is 0.558 e. The van der Waals surface area contributed by atoms with Crippen LogP contribution in [0.5, 0.6) is 0 Å². The summed E-state index contributed by atoms with van der Waals surface area (Å²) in [5, 5.41) is 19.7. The monoisotopic (exact) mass is 162 g/mol. The fourth-order valence-corrected chi connectivity index (χ4v) is 0.311. The van der Waals surface area contributed by atoms with Gasteiger partial charge in [0, 0.05) is 0 Å². The smallest absolute Gasteiger partial charge is 0.483 e. The van der Waals surface area contributed by atoms with Crippen molar-refractivity contribution < 1.29 is 9.85 Å². The highest BCUT2D eigenvalue weighted by molar-refractivity contribution is 5.08. The maximum absolute atomic E-state index is 9.85. The van der Waals surface area contributed by atoms with E-state index in [1.54, 1.807) is 0 Å². The highest BCUT2D eigenvalue weighted by Crippen LogP contribution is 2.02. The molecule has 0 bridgehead atoms. The van der Waals surface area contributed by atoms with Gasteiger partial charge in [-0.2, -0.15) is 0 Å². The van der Waals surface area contributed by atoms with Gasteiger partial charge >= 0.3 is 5.82 Å². The molecule has 9 heteroatoms. The average molecular weight is 162 g/mol. The average Bonchev–Trinajstić information content (AvgIpc) is 1.85. The first-order valence-electron chi connectivity index (χ1n) is 2.20. The van der Waals surface area contributed by atoms with E-state index in [4.69, 9.17) is 5.73 Å². The standard InChI is InChI=1S/C2H4N5O4/c3-1(5-4)2(6(8)9)7(10)11/h3-4H2/q-1. The SMILES string of the molecule is N[N-]C(N)=C([N+](=O)[O-])[N+](=O)[O-]. The van der Waals surface area contributed by atoms with E-state index in [-0.39, 0.29) is 0 Å². The van der Waals surface area contributed by atoms with E-state index in [0.717, 1.165) is 0 Å². The lowest BCUT2D eigenvalue weighted by molar-refractivity contribution is -0.617. The van der Waals surface area contributed by atoms with Crippen LogP contribution in [0, 0.1) is 20.2 Å². The highest BCUT2D eigenvalue weighted by Gasteiger charge is 2.25. The number of nitrogens with zero attached hydrogens (tertiary/aromatic N) is 3. The van der Waals surface area contributed by atoms with Gasteiger partial charge in [-0.25, -0.2) is 0 Å². The molecule has 0 aromatic heterocycles. The largest absolute Gasteiger partial charge is 0.558 e. The minimum absolute atomic E-state index is 0.917. The Labute approximate surface area is 59.9 Å². The summed E-state index contributed by atoms with van der Waals surface area (Å²) >= 11 is 0. The number of rotatable bonds is 3. The molecule has 9 nitrogen and oxygen atoms in total. The first-order chi connectivity index (χ1) is 5.00. The van der Waals surface area contributed by atoms with E-state index in [9.17, 15) is 20.2 Å². The van der Waals surface area contributed by atoms with Crippen LogP contribution in [0.15, 0.2) is 11.6 Å². The molecule has 0 unspecified atom stereocenters. The minimum Gasteiger partial charge on any atom is -0.483 e. The molecule has 0 saturated heterocycles. The van der Waals surface area contributed by atoms with Gasteiger partial charge in [0.2, 0.25) is 0 Å². The number of hydrogen-bond acceptors (Lipinski definition) is 6. The molecule has 0 aliphatic carbocycles. The number of hydrogen-bond donors (Lipinski definition) is 2. The van der Waals surface area contributed by atoms with Crippen molar-refractivity contribution >= 4 is 0 Å². The van der Waals surface area contributed by atoms with Crippen molar-refractivity contribution in [2.24, 2.45) is 11.6 Å². The quantitative estimate of drug-likeness (QED) is 0.304. The van der Waals surface area contributed by atoms with Gasteiger partial charge in [-0.1, -0.05) is 0 Å². The van der Waals surface area contributed by atoms with Crippen LogP contribution in [0.4, 0.5) is 0 Å². The second-order valence-electron chi connectivity index (χ2n) is 1.35. The van der Waals surface area contributed by atoms with Gasteiger partial charge in [0.1, 0.15) is 15.7 Å². The third-order valence-corrected chi connectivity index (χ3v) is 0.714. The lowest BCUT2D eigenvalue weighted by atomic mass is 10.7. The first-order valence-corrected chi connectivity index (χ1v) is 2.20. The molecular formula is C2H4N5O4-. The van der Waals surface area contributed by atoms with E-state index in [0.29, 0.717) is 0 Å². The van der Waals surface area contributed by atoms with Crippen molar-refractivity contribution in [2.75, 3.05) is 0 Å². The van der Waals surface area contributed by atoms with Crippen LogP contribution in [0.25, 0.3) is 5.43 Å². The Balaban J connectivity index is 4.88. The Kier molecular flexibility index (Phi) is 2.74. The van der Waals surface area contributed by atoms with Gasteiger partial charge in [0.15, 0.2) is 0 Å². The zero-order valence-corrected chi connectivity index (χ0v) is 5.13. The maximum atomic E-state index is 9.85. The fraction of sp³-hybridized carbons (Fsp3) is 0.